The Morgan fingerprint density at radius 1 is 1.12 bits per heavy atom. The van der Waals surface area contributed by atoms with Gasteiger partial charge in [-0.3, -0.25) is 0 Å². The average Bonchev–Trinajstić information content (AvgIpc) is 2.64. The quantitative estimate of drug-likeness (QED) is 0.218. The maximum absolute atomic E-state index is 8.73. The minimum Gasteiger partial charge on any atom is -0.409 e. The number of benzene rings is 1. The van der Waals surface area contributed by atoms with Crippen LogP contribution in [0.4, 0.5) is 0 Å². The van der Waals surface area contributed by atoms with E-state index in [4.69, 9.17) is 15.7 Å². The fourth-order valence-electron chi connectivity index (χ4n) is 3.43. The summed E-state index contributed by atoms with van der Waals surface area (Å²) >= 11 is 0. The molecule has 0 saturated heterocycles. The summed E-state index contributed by atoms with van der Waals surface area (Å²) in [7, 11) is 0. The van der Waals surface area contributed by atoms with Crippen LogP contribution in [0.25, 0.3) is 0 Å². The van der Waals surface area contributed by atoms with Crippen molar-refractivity contribution in [3.63, 3.8) is 0 Å². The van der Waals surface area contributed by atoms with Crippen molar-refractivity contribution in [1.82, 2.24) is 0 Å². The summed E-state index contributed by atoms with van der Waals surface area (Å²) in [6.45, 7) is 1.89. The zero-order valence-electron chi connectivity index (χ0n) is 14.8. The van der Waals surface area contributed by atoms with Gasteiger partial charge in [-0.05, 0) is 49.7 Å². The largest absolute Gasteiger partial charge is 0.409 e. The maximum atomic E-state index is 8.73. The molecule has 2 rings (SSSR count). The molecule has 1 aliphatic rings. The van der Waals surface area contributed by atoms with E-state index >= 15 is 0 Å². The van der Waals surface area contributed by atoms with E-state index in [9.17, 15) is 0 Å². The van der Waals surface area contributed by atoms with Crippen LogP contribution in [-0.2, 0) is 11.2 Å². The number of nitrogens with zero attached hydrogens (tertiary/aromatic N) is 1. The van der Waals surface area contributed by atoms with E-state index in [0.717, 1.165) is 37.5 Å². The number of rotatable bonds is 10. The van der Waals surface area contributed by atoms with Crippen molar-refractivity contribution in [2.45, 2.75) is 64.2 Å². The van der Waals surface area contributed by atoms with Gasteiger partial charge in [0.25, 0.3) is 0 Å². The van der Waals surface area contributed by atoms with Crippen LogP contribution in [0.2, 0.25) is 0 Å². The SMILES string of the molecule is N/C(=N\O)c1cccc(CCCCCCOCC2CCCCC2)c1. The molecule has 134 valence electrons. The second-order valence-corrected chi connectivity index (χ2v) is 6.93. The Morgan fingerprint density at radius 2 is 1.92 bits per heavy atom. The molecule has 1 saturated carbocycles. The van der Waals surface area contributed by atoms with E-state index < -0.39 is 0 Å². The molecule has 0 aromatic heterocycles. The first-order valence-corrected chi connectivity index (χ1v) is 9.44. The van der Waals surface area contributed by atoms with E-state index in [1.165, 1.54) is 56.9 Å². The lowest BCUT2D eigenvalue weighted by atomic mass is 9.90. The van der Waals surface area contributed by atoms with E-state index in [1.54, 1.807) is 0 Å². The number of amidine groups is 1. The smallest absolute Gasteiger partial charge is 0.170 e. The molecule has 0 bridgehead atoms. The molecule has 0 heterocycles. The van der Waals surface area contributed by atoms with Gasteiger partial charge < -0.3 is 15.7 Å². The lowest BCUT2D eigenvalue weighted by Crippen LogP contribution is -2.13. The minimum atomic E-state index is 0.173. The van der Waals surface area contributed by atoms with Crippen molar-refractivity contribution in [2.24, 2.45) is 16.8 Å². The van der Waals surface area contributed by atoms with Crippen LogP contribution in [0.15, 0.2) is 29.4 Å². The van der Waals surface area contributed by atoms with Gasteiger partial charge >= 0.3 is 0 Å². The third kappa shape index (κ3) is 6.91. The van der Waals surface area contributed by atoms with Crippen molar-refractivity contribution in [3.8, 4) is 0 Å². The molecule has 1 fully saturated rings. The van der Waals surface area contributed by atoms with Crippen molar-refractivity contribution in [2.75, 3.05) is 13.2 Å². The highest BCUT2D eigenvalue weighted by atomic mass is 16.5. The first-order chi connectivity index (χ1) is 11.8. The third-order valence-electron chi connectivity index (χ3n) is 4.91. The Kier molecular flexibility index (Phi) is 8.67. The molecule has 1 aliphatic carbocycles. The topological polar surface area (TPSA) is 67.8 Å². The van der Waals surface area contributed by atoms with Crippen LogP contribution in [0.5, 0.6) is 0 Å². The molecule has 0 amide bonds. The van der Waals surface area contributed by atoms with Crippen LogP contribution in [0.1, 0.15) is 68.9 Å². The minimum absolute atomic E-state index is 0.173. The number of hydrogen-bond acceptors (Lipinski definition) is 3. The van der Waals surface area contributed by atoms with E-state index in [0.29, 0.717) is 0 Å². The molecule has 0 radical (unpaired) electrons. The van der Waals surface area contributed by atoms with Crippen molar-refractivity contribution in [1.29, 1.82) is 0 Å². The number of oxime groups is 1. The van der Waals surface area contributed by atoms with E-state index in [-0.39, 0.29) is 5.84 Å². The van der Waals surface area contributed by atoms with Gasteiger partial charge in [0.1, 0.15) is 0 Å². The van der Waals surface area contributed by atoms with Gasteiger partial charge in [-0.1, -0.05) is 55.5 Å². The van der Waals surface area contributed by atoms with E-state index in [2.05, 4.69) is 11.2 Å². The van der Waals surface area contributed by atoms with Crippen molar-refractivity contribution in [3.05, 3.63) is 35.4 Å². The first kappa shape index (κ1) is 18.8. The Hall–Kier alpha value is -1.55. The van der Waals surface area contributed by atoms with E-state index in [1.807, 2.05) is 18.2 Å². The molecule has 0 spiro atoms. The Bertz CT molecular complexity index is 496. The highest BCUT2D eigenvalue weighted by molar-refractivity contribution is 5.97. The lowest BCUT2D eigenvalue weighted by molar-refractivity contribution is 0.0824. The maximum Gasteiger partial charge on any atom is 0.170 e. The molecule has 1 aromatic carbocycles. The summed E-state index contributed by atoms with van der Waals surface area (Å²) in [6, 6.07) is 7.92. The molecular weight excluding hydrogens is 300 g/mol. The zero-order valence-corrected chi connectivity index (χ0v) is 14.8. The van der Waals surface area contributed by atoms with Crippen LogP contribution in [0.3, 0.4) is 0 Å². The summed E-state index contributed by atoms with van der Waals surface area (Å²) in [5.74, 6) is 0.993. The Morgan fingerprint density at radius 3 is 2.71 bits per heavy atom. The number of ether oxygens (including phenoxy) is 1. The zero-order chi connectivity index (χ0) is 17.0. The summed E-state index contributed by atoms with van der Waals surface area (Å²) in [5.41, 5.74) is 7.65. The van der Waals surface area contributed by atoms with Crippen LogP contribution in [-0.4, -0.2) is 24.3 Å². The summed E-state index contributed by atoms with van der Waals surface area (Å²) in [5, 5.41) is 11.8. The summed E-state index contributed by atoms with van der Waals surface area (Å²) < 4.78 is 5.84. The fourth-order valence-corrected chi connectivity index (χ4v) is 3.43. The monoisotopic (exact) mass is 332 g/mol. The normalized spacial score (nSPS) is 16.4. The number of aryl methyl sites for hydroxylation is 1. The van der Waals surface area contributed by atoms with Crippen LogP contribution in [0, 0.1) is 5.92 Å². The molecule has 4 heteroatoms. The fraction of sp³-hybridized carbons (Fsp3) is 0.650. The standard InChI is InChI=1S/C20H32N2O2/c21-20(22-23)19-13-8-12-17(15-19)9-4-1-2-7-14-24-16-18-10-5-3-6-11-18/h8,12-13,15,18,23H,1-7,9-11,14,16H2,(H2,21,22). The van der Waals surface area contributed by atoms with Gasteiger partial charge in [0.15, 0.2) is 5.84 Å². The Balaban J connectivity index is 1.50. The number of unbranched alkanes of at least 4 members (excludes halogenated alkanes) is 3. The van der Waals surface area contributed by atoms with Gasteiger partial charge in [-0.15, -0.1) is 0 Å². The van der Waals surface area contributed by atoms with Gasteiger partial charge in [0.05, 0.1) is 0 Å². The average molecular weight is 332 g/mol. The van der Waals surface area contributed by atoms with Crippen molar-refractivity contribution < 1.29 is 9.94 Å². The van der Waals surface area contributed by atoms with Gasteiger partial charge in [0.2, 0.25) is 0 Å². The molecule has 3 N–H and O–H groups in total. The van der Waals surface area contributed by atoms with Crippen molar-refractivity contribution >= 4 is 5.84 Å². The molecule has 4 nitrogen and oxygen atoms in total. The highest BCUT2D eigenvalue weighted by Gasteiger charge is 2.12. The number of hydrogen-bond donors (Lipinski definition) is 2. The molecule has 0 atom stereocenters. The molecule has 0 unspecified atom stereocenters. The van der Waals surface area contributed by atoms with Crippen LogP contribution < -0.4 is 5.73 Å². The predicted octanol–water partition coefficient (Wildman–Crippen LogP) is 4.48. The van der Waals surface area contributed by atoms with Gasteiger partial charge in [0, 0.05) is 18.8 Å². The Labute approximate surface area is 146 Å². The third-order valence-corrected chi connectivity index (χ3v) is 4.91. The summed E-state index contributed by atoms with van der Waals surface area (Å²) in [6.07, 6.45) is 12.8. The van der Waals surface area contributed by atoms with Gasteiger partial charge in [-0.2, -0.15) is 0 Å². The number of nitrogens with two attached hydrogens (primary N) is 1. The molecular formula is C20H32N2O2. The summed E-state index contributed by atoms with van der Waals surface area (Å²) in [4.78, 5) is 0. The molecule has 24 heavy (non-hydrogen) atoms. The van der Waals surface area contributed by atoms with Gasteiger partial charge in [-0.25, -0.2) is 0 Å². The molecule has 0 aliphatic heterocycles. The second kappa shape index (κ2) is 11.1. The second-order valence-electron chi connectivity index (χ2n) is 6.93. The molecule has 1 aromatic rings. The highest BCUT2D eigenvalue weighted by Crippen LogP contribution is 2.23. The lowest BCUT2D eigenvalue weighted by Gasteiger charge is -2.21. The first-order valence-electron chi connectivity index (χ1n) is 9.44. The van der Waals surface area contributed by atoms with Crippen LogP contribution >= 0.6 is 0 Å². The predicted molar refractivity (Wildman–Crippen MR) is 98.5 cm³/mol.